The average Bonchev–Trinajstić information content (AvgIpc) is 2.99. The van der Waals surface area contributed by atoms with Crippen molar-refractivity contribution in [1.29, 1.82) is 0 Å². The lowest BCUT2D eigenvalue weighted by Gasteiger charge is -2.07. The molecule has 1 atom stereocenters. The van der Waals surface area contributed by atoms with E-state index in [2.05, 4.69) is 42.2 Å². The molecule has 0 fully saturated rings. The van der Waals surface area contributed by atoms with Gasteiger partial charge >= 0.3 is 0 Å². The zero-order valence-electron chi connectivity index (χ0n) is 23.1. The van der Waals surface area contributed by atoms with Crippen molar-refractivity contribution < 1.29 is 23.8 Å². The lowest BCUT2D eigenvalue weighted by Crippen LogP contribution is -2.07. The van der Waals surface area contributed by atoms with Crippen molar-refractivity contribution in [2.45, 2.75) is 32.3 Å². The van der Waals surface area contributed by atoms with Gasteiger partial charge < -0.3 is 25.7 Å². The summed E-state index contributed by atoms with van der Waals surface area (Å²) >= 11 is 0. The first-order valence-corrected chi connectivity index (χ1v) is 13.0. The molecule has 1 unspecified atom stereocenters. The number of carbonyl (C=O) groups excluding carboxylic acids is 2. The number of hydrogen-bond acceptors (Lipinski definition) is 5. The second-order valence-corrected chi connectivity index (χ2v) is 8.54. The molecule has 4 N–H and O–H groups in total. The highest BCUT2D eigenvalue weighted by Crippen LogP contribution is 2.22. The van der Waals surface area contributed by atoms with Gasteiger partial charge in [-0.25, -0.2) is 4.39 Å². The zero-order chi connectivity index (χ0) is 29.4. The Hall–Kier alpha value is -4.33. The van der Waals surface area contributed by atoms with E-state index in [9.17, 15) is 9.18 Å². The summed E-state index contributed by atoms with van der Waals surface area (Å²) in [6, 6.07) is 33.2. The van der Waals surface area contributed by atoms with Gasteiger partial charge in [0, 0.05) is 0 Å². The van der Waals surface area contributed by atoms with Gasteiger partial charge in [0.1, 0.15) is 23.4 Å². The molecule has 4 aromatic rings. The Morgan fingerprint density at radius 1 is 0.825 bits per heavy atom. The lowest BCUT2D eigenvalue weighted by molar-refractivity contribution is -0.115. The number of ether oxygens (including phenoxy) is 1. The Bertz CT molecular complexity index is 1170. The molecule has 40 heavy (non-hydrogen) atoms. The number of benzene rings is 4. The first-order chi connectivity index (χ1) is 19.4. The molecule has 0 spiro atoms. The summed E-state index contributed by atoms with van der Waals surface area (Å²) in [6.07, 6.45) is 3.23. The zero-order valence-corrected chi connectivity index (χ0v) is 23.1. The third-order valence-electron chi connectivity index (χ3n) is 5.33. The average molecular weight is 547 g/mol. The van der Waals surface area contributed by atoms with Crippen LogP contribution < -0.4 is 15.8 Å². The number of aldehydes is 1. The van der Waals surface area contributed by atoms with E-state index in [0.717, 1.165) is 18.7 Å². The Morgan fingerprint density at radius 2 is 1.32 bits per heavy atom. The first-order valence-electron chi connectivity index (χ1n) is 13.0. The number of aliphatic hydroxyl groups is 1. The van der Waals surface area contributed by atoms with E-state index in [1.54, 1.807) is 36.4 Å². The van der Waals surface area contributed by atoms with E-state index >= 15 is 0 Å². The van der Waals surface area contributed by atoms with E-state index in [4.69, 9.17) is 14.6 Å². The van der Waals surface area contributed by atoms with Crippen LogP contribution in [0.4, 0.5) is 4.39 Å². The molecule has 0 bridgehead atoms. The van der Waals surface area contributed by atoms with Crippen molar-refractivity contribution >= 4 is 12.7 Å². The molecule has 0 aliphatic carbocycles. The van der Waals surface area contributed by atoms with E-state index in [1.165, 1.54) is 36.1 Å². The summed E-state index contributed by atoms with van der Waals surface area (Å²) in [7, 11) is 1.97. The van der Waals surface area contributed by atoms with Crippen molar-refractivity contribution in [3.05, 3.63) is 132 Å². The topological polar surface area (TPSA) is 102 Å². The van der Waals surface area contributed by atoms with Crippen molar-refractivity contribution in [2.75, 3.05) is 13.6 Å². The van der Waals surface area contributed by atoms with Crippen LogP contribution in [0.15, 0.2) is 109 Å². The number of halogens is 1. The van der Waals surface area contributed by atoms with Crippen LogP contribution in [0.25, 0.3) is 0 Å². The maximum absolute atomic E-state index is 12.8. The Morgan fingerprint density at radius 3 is 1.77 bits per heavy atom. The molecule has 7 heteroatoms. The number of nitrogens with two attached hydrogens (primary N) is 1. The van der Waals surface area contributed by atoms with Crippen molar-refractivity contribution in [3.8, 4) is 11.5 Å². The third kappa shape index (κ3) is 15.8. The molecule has 0 aromatic heterocycles. The van der Waals surface area contributed by atoms with Crippen LogP contribution in [0.2, 0.25) is 0 Å². The highest BCUT2D eigenvalue weighted by Gasteiger charge is 2.02. The van der Waals surface area contributed by atoms with Gasteiger partial charge in [0.2, 0.25) is 6.41 Å². The normalized spacial score (nSPS) is 10.2. The van der Waals surface area contributed by atoms with Crippen LogP contribution in [-0.4, -0.2) is 31.4 Å². The monoisotopic (exact) mass is 546 g/mol. The van der Waals surface area contributed by atoms with E-state index < -0.39 is 6.10 Å². The molecule has 0 aliphatic rings. The van der Waals surface area contributed by atoms with Crippen LogP contribution in [0.3, 0.4) is 0 Å². The number of nitrogens with one attached hydrogen (secondary N) is 1. The van der Waals surface area contributed by atoms with E-state index in [0.29, 0.717) is 17.6 Å². The fourth-order valence-electron chi connectivity index (χ4n) is 3.26. The van der Waals surface area contributed by atoms with Crippen molar-refractivity contribution in [2.24, 2.45) is 5.73 Å². The van der Waals surface area contributed by atoms with E-state index in [-0.39, 0.29) is 12.2 Å². The van der Waals surface area contributed by atoms with Gasteiger partial charge in [-0.05, 0) is 87.3 Å². The van der Waals surface area contributed by atoms with Gasteiger partial charge in [-0.2, -0.15) is 0 Å². The van der Waals surface area contributed by atoms with Gasteiger partial charge in [0.05, 0.1) is 0 Å². The Kier molecular flexibility index (Phi) is 18.2. The Balaban J connectivity index is 0.000000330. The Labute approximate surface area is 236 Å². The van der Waals surface area contributed by atoms with Gasteiger partial charge in [-0.3, -0.25) is 4.79 Å². The summed E-state index contributed by atoms with van der Waals surface area (Å²) in [6.45, 7) is 3.14. The molecule has 1 amide bonds. The van der Waals surface area contributed by atoms with Crippen LogP contribution in [0.5, 0.6) is 11.5 Å². The van der Waals surface area contributed by atoms with Gasteiger partial charge in [-0.15, -0.1) is 0 Å². The molecule has 0 heterocycles. The molecule has 0 saturated carbocycles. The van der Waals surface area contributed by atoms with E-state index in [1.807, 2.05) is 43.4 Å². The molecule has 4 aromatic carbocycles. The number of unbranched alkanes of at least 4 members (excludes halogenated alkanes) is 1. The SMILES string of the molecule is CNCCCCc1ccc(Oc2ccc(F)cc2)cc1.Cc1ccccc1.NC=O.O=CC(O)c1ccccc1. The van der Waals surface area contributed by atoms with Crippen molar-refractivity contribution in [3.63, 3.8) is 0 Å². The maximum atomic E-state index is 12.8. The molecule has 0 aliphatic heterocycles. The minimum Gasteiger partial charge on any atom is -0.457 e. The standard InChI is InChI=1S/C17H20FNO.C8H8O2.C7H8.CH3NO/c1-19-13-3-2-4-14-5-9-16(10-6-14)20-17-11-7-15(18)8-12-17;9-6-8(10)7-4-2-1-3-5-7;1-7-5-3-2-4-6-7;2-1-3/h5-12,19H,2-4,13H2,1H3;1-6,8,10H;2-6H,1H3;1H,(H2,2,3). The summed E-state index contributed by atoms with van der Waals surface area (Å²) in [5.41, 5.74) is 7.44. The number of primary amides is 1. The summed E-state index contributed by atoms with van der Waals surface area (Å²) < 4.78 is 18.4. The first kappa shape index (κ1) is 33.7. The molecule has 0 radical (unpaired) electrons. The lowest BCUT2D eigenvalue weighted by atomic mass is 10.1. The second-order valence-electron chi connectivity index (χ2n) is 8.54. The molecular weight excluding hydrogens is 507 g/mol. The smallest absolute Gasteiger partial charge is 0.204 e. The quantitative estimate of drug-likeness (QED) is 0.172. The molecule has 4 rings (SSSR count). The number of aliphatic hydroxyl groups excluding tert-OH is 1. The van der Waals surface area contributed by atoms with Gasteiger partial charge in [0.15, 0.2) is 6.29 Å². The highest BCUT2D eigenvalue weighted by atomic mass is 19.1. The highest BCUT2D eigenvalue weighted by molar-refractivity contribution is 5.59. The van der Waals surface area contributed by atoms with Gasteiger partial charge in [-0.1, -0.05) is 78.4 Å². The van der Waals surface area contributed by atoms with Crippen LogP contribution in [0, 0.1) is 12.7 Å². The van der Waals surface area contributed by atoms with Crippen LogP contribution >= 0.6 is 0 Å². The minimum atomic E-state index is -0.971. The van der Waals surface area contributed by atoms with Gasteiger partial charge in [0.25, 0.3) is 0 Å². The number of carbonyl (C=O) groups is 2. The molecular formula is C33H39FN2O4. The van der Waals surface area contributed by atoms with Crippen molar-refractivity contribution in [1.82, 2.24) is 5.32 Å². The maximum Gasteiger partial charge on any atom is 0.204 e. The number of aryl methyl sites for hydroxylation is 2. The number of hydrogen-bond donors (Lipinski definition) is 3. The van der Waals surface area contributed by atoms with Crippen LogP contribution in [-0.2, 0) is 16.0 Å². The van der Waals surface area contributed by atoms with Crippen LogP contribution in [0.1, 0.15) is 35.6 Å². The molecule has 212 valence electrons. The second kappa shape index (κ2) is 21.6. The minimum absolute atomic E-state index is 0.250. The third-order valence-corrected chi connectivity index (χ3v) is 5.33. The predicted molar refractivity (Wildman–Crippen MR) is 159 cm³/mol. The fraction of sp³-hybridized carbons (Fsp3) is 0.212. The fourth-order valence-corrected chi connectivity index (χ4v) is 3.26. The largest absolute Gasteiger partial charge is 0.457 e. The summed E-state index contributed by atoms with van der Waals surface area (Å²) in [5, 5.41) is 12.1. The molecule has 6 nitrogen and oxygen atoms in total. The summed E-state index contributed by atoms with van der Waals surface area (Å²) in [4.78, 5) is 18.6. The predicted octanol–water partition coefficient (Wildman–Crippen LogP) is 6.18. The number of rotatable bonds is 9. The summed E-state index contributed by atoms with van der Waals surface area (Å²) in [5.74, 6) is 1.16. The molecule has 0 saturated heterocycles. The number of amides is 1.